The predicted molar refractivity (Wildman–Crippen MR) is 68.1 cm³/mol. The predicted octanol–water partition coefficient (Wildman–Crippen LogP) is 3.55. The molecule has 3 atom stereocenters. The van der Waals surface area contributed by atoms with E-state index in [-0.39, 0.29) is 6.61 Å². The second-order valence-electron chi connectivity index (χ2n) is 5.82. The standard InChI is InChI=1S/C15H24O/c1-10(2)13-7-5-12(9-16)14-6-4-11(3)8-15(13)14/h5,8,10,13-16H,4,6-7,9H2,1-3H3/t13-,14+,15-/m1/s1. The maximum atomic E-state index is 9.43. The summed E-state index contributed by atoms with van der Waals surface area (Å²) in [5, 5.41) is 9.43. The average molecular weight is 220 g/mol. The third-order valence-corrected chi connectivity index (χ3v) is 4.45. The molecule has 0 unspecified atom stereocenters. The van der Waals surface area contributed by atoms with Crippen LogP contribution in [0.2, 0.25) is 0 Å². The van der Waals surface area contributed by atoms with Gasteiger partial charge in [0.15, 0.2) is 0 Å². The summed E-state index contributed by atoms with van der Waals surface area (Å²) < 4.78 is 0. The van der Waals surface area contributed by atoms with Gasteiger partial charge in [-0.2, -0.15) is 0 Å². The molecule has 0 aromatic carbocycles. The van der Waals surface area contributed by atoms with Gasteiger partial charge in [0, 0.05) is 0 Å². The fourth-order valence-corrected chi connectivity index (χ4v) is 3.45. The summed E-state index contributed by atoms with van der Waals surface area (Å²) in [7, 11) is 0. The van der Waals surface area contributed by atoms with E-state index in [1.807, 2.05) is 0 Å². The molecule has 0 aromatic rings. The summed E-state index contributed by atoms with van der Waals surface area (Å²) in [4.78, 5) is 0. The zero-order valence-corrected chi connectivity index (χ0v) is 10.7. The van der Waals surface area contributed by atoms with E-state index in [0.717, 1.165) is 18.3 Å². The largest absolute Gasteiger partial charge is 0.392 e. The quantitative estimate of drug-likeness (QED) is 0.706. The Hall–Kier alpha value is -0.560. The van der Waals surface area contributed by atoms with E-state index in [4.69, 9.17) is 0 Å². The van der Waals surface area contributed by atoms with Crippen molar-refractivity contribution in [3.8, 4) is 0 Å². The van der Waals surface area contributed by atoms with Crippen molar-refractivity contribution in [1.29, 1.82) is 0 Å². The summed E-state index contributed by atoms with van der Waals surface area (Å²) in [5.41, 5.74) is 2.84. The van der Waals surface area contributed by atoms with E-state index < -0.39 is 0 Å². The van der Waals surface area contributed by atoms with Crippen molar-refractivity contribution in [2.24, 2.45) is 23.7 Å². The fourth-order valence-electron chi connectivity index (χ4n) is 3.45. The summed E-state index contributed by atoms with van der Waals surface area (Å²) in [5.74, 6) is 2.82. The maximum Gasteiger partial charge on any atom is 0.0644 e. The first kappa shape index (κ1) is 11.9. The number of allylic oxidation sites excluding steroid dienone is 3. The molecule has 2 aliphatic rings. The Morgan fingerprint density at radius 3 is 2.81 bits per heavy atom. The second kappa shape index (κ2) is 4.75. The molecule has 0 fully saturated rings. The van der Waals surface area contributed by atoms with Crippen molar-refractivity contribution in [2.45, 2.75) is 40.0 Å². The highest BCUT2D eigenvalue weighted by atomic mass is 16.3. The lowest BCUT2D eigenvalue weighted by atomic mass is 9.64. The van der Waals surface area contributed by atoms with Gasteiger partial charge < -0.3 is 5.11 Å². The Bertz CT molecular complexity index is 311. The molecule has 1 nitrogen and oxygen atoms in total. The average Bonchev–Trinajstić information content (AvgIpc) is 2.26. The Labute approximate surface area is 99.3 Å². The smallest absolute Gasteiger partial charge is 0.0644 e. The van der Waals surface area contributed by atoms with Gasteiger partial charge in [-0.05, 0) is 55.4 Å². The first-order valence-corrected chi connectivity index (χ1v) is 6.60. The summed E-state index contributed by atoms with van der Waals surface area (Å²) in [6.07, 6.45) is 8.40. The van der Waals surface area contributed by atoms with E-state index in [1.54, 1.807) is 5.57 Å². The summed E-state index contributed by atoms with van der Waals surface area (Å²) in [6.45, 7) is 7.18. The number of aliphatic hydroxyl groups excluding tert-OH is 1. The van der Waals surface area contributed by atoms with Crippen LogP contribution in [0.15, 0.2) is 23.3 Å². The summed E-state index contributed by atoms with van der Waals surface area (Å²) in [6, 6.07) is 0. The van der Waals surface area contributed by atoms with Crippen molar-refractivity contribution >= 4 is 0 Å². The van der Waals surface area contributed by atoms with Crippen LogP contribution in [0, 0.1) is 23.7 Å². The van der Waals surface area contributed by atoms with E-state index in [2.05, 4.69) is 32.9 Å². The van der Waals surface area contributed by atoms with E-state index >= 15 is 0 Å². The molecule has 1 N–H and O–H groups in total. The number of hydrogen-bond acceptors (Lipinski definition) is 1. The number of fused-ring (bicyclic) bond motifs is 1. The highest BCUT2D eigenvalue weighted by molar-refractivity contribution is 5.22. The Morgan fingerprint density at radius 1 is 1.44 bits per heavy atom. The SMILES string of the molecule is CC1=C[C@@H]2[C@@H](C(C)C)CC=C(CO)[C@@H]2CC1. The minimum Gasteiger partial charge on any atom is -0.392 e. The van der Waals surface area contributed by atoms with Gasteiger partial charge >= 0.3 is 0 Å². The molecule has 0 saturated heterocycles. The molecule has 0 radical (unpaired) electrons. The van der Waals surface area contributed by atoms with Gasteiger partial charge in [-0.25, -0.2) is 0 Å². The molecule has 0 saturated carbocycles. The minimum atomic E-state index is 0.263. The molecule has 2 rings (SSSR count). The molecule has 0 amide bonds. The Kier molecular flexibility index (Phi) is 3.53. The Balaban J connectivity index is 2.28. The van der Waals surface area contributed by atoms with Gasteiger partial charge in [-0.3, -0.25) is 0 Å². The van der Waals surface area contributed by atoms with Crippen molar-refractivity contribution in [3.63, 3.8) is 0 Å². The molecule has 90 valence electrons. The summed E-state index contributed by atoms with van der Waals surface area (Å²) >= 11 is 0. The molecule has 2 aliphatic carbocycles. The second-order valence-corrected chi connectivity index (χ2v) is 5.82. The third-order valence-electron chi connectivity index (χ3n) is 4.45. The van der Waals surface area contributed by atoms with E-state index in [9.17, 15) is 5.11 Å². The zero-order chi connectivity index (χ0) is 11.7. The van der Waals surface area contributed by atoms with Gasteiger partial charge in [-0.1, -0.05) is 31.6 Å². The van der Waals surface area contributed by atoms with Crippen LogP contribution in [0.1, 0.15) is 40.0 Å². The molecule has 0 bridgehead atoms. The van der Waals surface area contributed by atoms with Gasteiger partial charge in [-0.15, -0.1) is 0 Å². The lowest BCUT2D eigenvalue weighted by Crippen LogP contribution is -2.33. The van der Waals surface area contributed by atoms with Crippen LogP contribution >= 0.6 is 0 Å². The van der Waals surface area contributed by atoms with E-state index in [1.165, 1.54) is 18.4 Å². The third kappa shape index (κ3) is 2.10. The highest BCUT2D eigenvalue weighted by Gasteiger charge is 2.36. The van der Waals surface area contributed by atoms with Gasteiger partial charge in [0.1, 0.15) is 0 Å². The monoisotopic (exact) mass is 220 g/mol. The molecule has 16 heavy (non-hydrogen) atoms. The van der Waals surface area contributed by atoms with Crippen LogP contribution in [0.3, 0.4) is 0 Å². The molecule has 0 aliphatic heterocycles. The number of rotatable bonds is 2. The van der Waals surface area contributed by atoms with Crippen LogP contribution in [0.25, 0.3) is 0 Å². The zero-order valence-electron chi connectivity index (χ0n) is 10.7. The Morgan fingerprint density at radius 2 is 2.19 bits per heavy atom. The molecule has 0 aromatic heterocycles. The van der Waals surface area contributed by atoms with Crippen LogP contribution in [0.5, 0.6) is 0 Å². The van der Waals surface area contributed by atoms with Crippen molar-refractivity contribution in [2.75, 3.05) is 6.61 Å². The fraction of sp³-hybridized carbons (Fsp3) is 0.733. The van der Waals surface area contributed by atoms with Crippen molar-refractivity contribution in [1.82, 2.24) is 0 Å². The topological polar surface area (TPSA) is 20.2 Å². The molecular weight excluding hydrogens is 196 g/mol. The van der Waals surface area contributed by atoms with Crippen LogP contribution in [-0.2, 0) is 0 Å². The molecular formula is C15H24O. The molecule has 0 heterocycles. The van der Waals surface area contributed by atoms with Crippen molar-refractivity contribution < 1.29 is 5.11 Å². The first-order valence-electron chi connectivity index (χ1n) is 6.60. The number of aliphatic hydroxyl groups is 1. The number of hydrogen-bond donors (Lipinski definition) is 1. The van der Waals surface area contributed by atoms with Crippen LogP contribution < -0.4 is 0 Å². The van der Waals surface area contributed by atoms with Gasteiger partial charge in [0.2, 0.25) is 0 Å². The molecule has 0 spiro atoms. The first-order chi connectivity index (χ1) is 7.63. The minimum absolute atomic E-state index is 0.263. The van der Waals surface area contributed by atoms with Gasteiger partial charge in [0.25, 0.3) is 0 Å². The molecule has 1 heteroatoms. The van der Waals surface area contributed by atoms with Gasteiger partial charge in [0.05, 0.1) is 6.61 Å². The lowest BCUT2D eigenvalue weighted by molar-refractivity contribution is 0.190. The van der Waals surface area contributed by atoms with E-state index in [0.29, 0.717) is 11.8 Å². The normalized spacial score (nSPS) is 34.4. The van der Waals surface area contributed by atoms with Crippen LogP contribution in [0.4, 0.5) is 0 Å². The van der Waals surface area contributed by atoms with Crippen LogP contribution in [-0.4, -0.2) is 11.7 Å². The maximum absolute atomic E-state index is 9.43. The van der Waals surface area contributed by atoms with Crippen molar-refractivity contribution in [3.05, 3.63) is 23.3 Å². The highest BCUT2D eigenvalue weighted by Crippen LogP contribution is 2.45. The lowest BCUT2D eigenvalue weighted by Gasteiger charge is -2.41.